The first kappa shape index (κ1) is 26.5. The van der Waals surface area contributed by atoms with Crippen LogP contribution >= 0.6 is 21.6 Å². The van der Waals surface area contributed by atoms with Crippen LogP contribution in [0.3, 0.4) is 0 Å². The summed E-state index contributed by atoms with van der Waals surface area (Å²) in [6.45, 7) is 0.388. The average Bonchev–Trinajstić information content (AvgIpc) is 2.61. The molecule has 0 aliphatic carbocycles. The fourth-order valence-corrected chi connectivity index (χ4v) is 3.69. The first-order chi connectivity index (χ1) is 13.6. The monoisotopic (exact) mass is 455 g/mol. The molecule has 0 aromatic rings. The molecule has 0 aromatic carbocycles. The number of carboxylic acid groups (broad SMARTS) is 3. The Hall–Kier alpha value is -2.52. The van der Waals surface area contributed by atoms with E-state index in [1.807, 2.05) is 5.32 Å². The molecular formula is C14H21N3O10S2. The molecule has 0 heterocycles. The number of aliphatic carboxylic acids is 3. The Morgan fingerprint density at radius 2 is 1.52 bits per heavy atom. The highest BCUT2D eigenvalue weighted by atomic mass is 33.1. The fourth-order valence-electron chi connectivity index (χ4n) is 1.70. The fraction of sp³-hybridized carbons (Fsp3) is 0.571. The average molecular weight is 455 g/mol. The maximum atomic E-state index is 12.3. The number of rotatable bonds is 16. The summed E-state index contributed by atoms with van der Waals surface area (Å²) >= 11 is 0. The molecule has 0 fully saturated rings. The summed E-state index contributed by atoms with van der Waals surface area (Å²) < 4.78 is 4.46. The van der Waals surface area contributed by atoms with E-state index in [9.17, 15) is 33.9 Å². The van der Waals surface area contributed by atoms with Gasteiger partial charge >= 0.3 is 17.9 Å². The number of carbonyl (C=O) groups is 6. The highest BCUT2D eigenvalue weighted by molar-refractivity contribution is 8.76. The third-order valence-electron chi connectivity index (χ3n) is 3.03. The van der Waals surface area contributed by atoms with E-state index in [2.05, 4.69) is 10.1 Å². The molecule has 15 heteroatoms. The van der Waals surface area contributed by atoms with Crippen molar-refractivity contribution in [3.8, 4) is 0 Å². The number of ether oxygens (including phenoxy) is 1. The van der Waals surface area contributed by atoms with Crippen molar-refractivity contribution in [1.82, 2.24) is 10.6 Å². The minimum absolute atomic E-state index is 0.0981. The Labute approximate surface area is 172 Å². The topological polar surface area (TPSA) is 222 Å². The molecule has 0 rings (SSSR count). The van der Waals surface area contributed by atoms with E-state index in [1.54, 1.807) is 0 Å². The van der Waals surface area contributed by atoms with E-state index < -0.39 is 60.7 Å². The van der Waals surface area contributed by atoms with Crippen molar-refractivity contribution in [2.45, 2.75) is 31.0 Å². The van der Waals surface area contributed by atoms with Crippen LogP contribution in [0.15, 0.2) is 0 Å². The van der Waals surface area contributed by atoms with E-state index in [0.29, 0.717) is 5.75 Å². The molecule has 0 aromatic heterocycles. The van der Waals surface area contributed by atoms with Gasteiger partial charge in [0.05, 0.1) is 18.9 Å². The molecule has 13 nitrogen and oxygen atoms in total. The van der Waals surface area contributed by atoms with Crippen LogP contribution in [0.4, 0.5) is 0 Å². The maximum Gasteiger partial charge on any atom is 0.327 e. The molecule has 164 valence electrons. The van der Waals surface area contributed by atoms with Crippen molar-refractivity contribution >= 4 is 57.8 Å². The SMILES string of the molecule is N[C@@H](CC(=O)O)C(=O)N[C@@H](CC(=O)O)C(=O)N[C@@H](CSSCCOC=O)C(=O)O. The summed E-state index contributed by atoms with van der Waals surface area (Å²) in [6.07, 6.45) is -1.61. The van der Waals surface area contributed by atoms with Crippen LogP contribution < -0.4 is 16.4 Å². The number of amides is 2. The Bertz CT molecular complexity index is 618. The summed E-state index contributed by atoms with van der Waals surface area (Å²) in [6, 6.07) is -4.57. The van der Waals surface area contributed by atoms with Gasteiger partial charge in [0.15, 0.2) is 0 Å². The molecule has 2 amide bonds. The summed E-state index contributed by atoms with van der Waals surface area (Å²) in [5.74, 6) is -6.08. The molecule has 3 atom stereocenters. The zero-order valence-corrected chi connectivity index (χ0v) is 16.6. The van der Waals surface area contributed by atoms with Crippen LogP contribution in [0.5, 0.6) is 0 Å². The second-order valence-electron chi connectivity index (χ2n) is 5.34. The van der Waals surface area contributed by atoms with E-state index in [0.717, 1.165) is 10.8 Å². The largest absolute Gasteiger partial charge is 0.481 e. The summed E-state index contributed by atoms with van der Waals surface area (Å²) in [5.41, 5.74) is 5.36. The van der Waals surface area contributed by atoms with Gasteiger partial charge in [-0.3, -0.25) is 24.0 Å². The van der Waals surface area contributed by atoms with Gasteiger partial charge in [0.25, 0.3) is 6.47 Å². The molecule has 0 saturated heterocycles. The first-order valence-corrected chi connectivity index (χ1v) is 10.4. The van der Waals surface area contributed by atoms with Gasteiger partial charge in [0.2, 0.25) is 11.8 Å². The second-order valence-corrected chi connectivity index (χ2v) is 7.96. The lowest BCUT2D eigenvalue weighted by Crippen LogP contribution is -2.55. The minimum Gasteiger partial charge on any atom is -0.481 e. The lowest BCUT2D eigenvalue weighted by atomic mass is 10.1. The van der Waals surface area contributed by atoms with Gasteiger partial charge in [-0.2, -0.15) is 0 Å². The molecule has 0 aliphatic rings. The highest BCUT2D eigenvalue weighted by Gasteiger charge is 2.30. The third kappa shape index (κ3) is 12.5. The van der Waals surface area contributed by atoms with Gasteiger partial charge in [-0.15, -0.1) is 0 Å². The molecule has 0 radical (unpaired) electrons. The Kier molecular flexibility index (Phi) is 13.2. The predicted molar refractivity (Wildman–Crippen MR) is 101 cm³/mol. The van der Waals surface area contributed by atoms with Crippen LogP contribution in [0.2, 0.25) is 0 Å². The molecule has 0 unspecified atom stereocenters. The number of carbonyl (C=O) groups excluding carboxylic acids is 3. The van der Waals surface area contributed by atoms with E-state index >= 15 is 0 Å². The van der Waals surface area contributed by atoms with Gasteiger partial charge in [0.1, 0.15) is 18.7 Å². The minimum atomic E-state index is -1.65. The summed E-state index contributed by atoms with van der Waals surface area (Å²) in [4.78, 5) is 66.9. The zero-order valence-electron chi connectivity index (χ0n) is 14.9. The molecule has 7 N–H and O–H groups in total. The maximum absolute atomic E-state index is 12.3. The van der Waals surface area contributed by atoms with Crippen LogP contribution in [-0.2, 0) is 33.5 Å². The molecule has 0 bridgehead atoms. The number of carboxylic acids is 3. The first-order valence-electron chi connectivity index (χ1n) is 7.90. The van der Waals surface area contributed by atoms with Crippen molar-refractivity contribution in [1.29, 1.82) is 0 Å². The normalized spacial score (nSPS) is 13.4. The number of nitrogens with two attached hydrogens (primary N) is 1. The lowest BCUT2D eigenvalue weighted by molar-refractivity contribution is -0.143. The molecule has 0 aliphatic heterocycles. The van der Waals surface area contributed by atoms with Gasteiger partial charge in [-0.1, -0.05) is 21.6 Å². The Morgan fingerprint density at radius 3 is 2.03 bits per heavy atom. The lowest BCUT2D eigenvalue weighted by Gasteiger charge is -2.21. The predicted octanol–water partition coefficient (Wildman–Crippen LogP) is -2.13. The summed E-state index contributed by atoms with van der Waals surface area (Å²) in [5, 5.41) is 30.8. The molecule has 0 spiro atoms. The van der Waals surface area contributed by atoms with Crippen molar-refractivity contribution in [3.05, 3.63) is 0 Å². The van der Waals surface area contributed by atoms with Gasteiger partial charge in [0, 0.05) is 11.5 Å². The van der Waals surface area contributed by atoms with Crippen LogP contribution in [-0.4, -0.2) is 87.8 Å². The summed E-state index contributed by atoms with van der Waals surface area (Å²) in [7, 11) is 2.26. The van der Waals surface area contributed by atoms with Gasteiger partial charge in [-0.05, 0) is 0 Å². The number of hydrogen-bond donors (Lipinski definition) is 6. The van der Waals surface area contributed by atoms with Crippen molar-refractivity contribution < 1.29 is 48.8 Å². The van der Waals surface area contributed by atoms with Crippen LogP contribution in [0.25, 0.3) is 0 Å². The van der Waals surface area contributed by atoms with Crippen LogP contribution in [0, 0.1) is 0 Å². The number of nitrogens with one attached hydrogen (secondary N) is 2. The quantitative estimate of drug-likeness (QED) is 0.0832. The standard InChI is InChI=1S/C14H21N3O10S2/c15-7(3-10(19)20)12(23)16-8(4-11(21)22)13(24)17-9(14(25)26)5-29-28-2-1-27-6-18/h6-9H,1-5,15H2,(H,16,23)(H,17,24)(H,19,20)(H,21,22)(H,25,26)/t7-,8-,9-/m0/s1. The molecule has 29 heavy (non-hydrogen) atoms. The van der Waals surface area contributed by atoms with E-state index in [1.165, 1.54) is 10.8 Å². The van der Waals surface area contributed by atoms with Crippen molar-refractivity contribution in [2.24, 2.45) is 5.73 Å². The Morgan fingerprint density at radius 1 is 0.931 bits per heavy atom. The molecule has 0 saturated carbocycles. The van der Waals surface area contributed by atoms with E-state index in [4.69, 9.17) is 15.9 Å². The van der Waals surface area contributed by atoms with Crippen molar-refractivity contribution in [2.75, 3.05) is 18.1 Å². The third-order valence-corrected chi connectivity index (χ3v) is 5.41. The molecular weight excluding hydrogens is 434 g/mol. The second kappa shape index (κ2) is 14.5. The number of hydrogen-bond acceptors (Lipinski definition) is 10. The zero-order chi connectivity index (χ0) is 22.4. The van der Waals surface area contributed by atoms with E-state index in [-0.39, 0.29) is 18.8 Å². The Balaban J connectivity index is 4.86. The smallest absolute Gasteiger partial charge is 0.327 e. The van der Waals surface area contributed by atoms with Crippen molar-refractivity contribution in [3.63, 3.8) is 0 Å². The highest BCUT2D eigenvalue weighted by Crippen LogP contribution is 2.21. The van der Waals surface area contributed by atoms with Gasteiger partial charge < -0.3 is 36.4 Å². The van der Waals surface area contributed by atoms with Gasteiger partial charge in [-0.25, -0.2) is 4.79 Å². The van der Waals surface area contributed by atoms with Crippen LogP contribution in [0.1, 0.15) is 12.8 Å².